The van der Waals surface area contributed by atoms with Crippen molar-refractivity contribution in [3.8, 4) is 0 Å². The van der Waals surface area contributed by atoms with Gasteiger partial charge in [0.1, 0.15) is 0 Å². The van der Waals surface area contributed by atoms with Gasteiger partial charge in [-0.1, -0.05) is 32.1 Å². The normalized spacial score (nSPS) is 30.4. The number of aliphatic hydroxyl groups excluding tert-OH is 1. The highest BCUT2D eigenvalue weighted by Crippen LogP contribution is 2.39. The SMILES string of the molecule is OC(C1CCCCC1)C1(O)CCCC1. The maximum atomic E-state index is 10.3. The molecule has 0 aromatic heterocycles. The lowest BCUT2D eigenvalue weighted by atomic mass is 9.78. The van der Waals surface area contributed by atoms with Gasteiger partial charge in [0, 0.05) is 0 Å². The molecule has 0 aliphatic heterocycles. The smallest absolute Gasteiger partial charge is 0.0908 e. The molecule has 0 heterocycles. The Balaban J connectivity index is 1.95. The van der Waals surface area contributed by atoms with E-state index in [1.165, 1.54) is 19.3 Å². The van der Waals surface area contributed by atoms with Crippen molar-refractivity contribution in [2.75, 3.05) is 0 Å². The van der Waals surface area contributed by atoms with Gasteiger partial charge in [0.2, 0.25) is 0 Å². The highest BCUT2D eigenvalue weighted by molar-refractivity contribution is 4.94. The Hall–Kier alpha value is -0.0800. The summed E-state index contributed by atoms with van der Waals surface area (Å²) in [5, 5.41) is 20.4. The monoisotopic (exact) mass is 198 g/mol. The molecule has 0 saturated heterocycles. The van der Waals surface area contributed by atoms with Crippen molar-refractivity contribution in [3.63, 3.8) is 0 Å². The second kappa shape index (κ2) is 4.19. The molecule has 0 aromatic carbocycles. The van der Waals surface area contributed by atoms with E-state index in [1.54, 1.807) is 0 Å². The van der Waals surface area contributed by atoms with Gasteiger partial charge in [-0.3, -0.25) is 0 Å². The minimum atomic E-state index is -0.734. The molecule has 2 aliphatic carbocycles. The quantitative estimate of drug-likeness (QED) is 0.714. The molecule has 0 radical (unpaired) electrons. The molecule has 2 nitrogen and oxygen atoms in total. The molecule has 2 fully saturated rings. The van der Waals surface area contributed by atoms with Crippen LogP contribution < -0.4 is 0 Å². The first-order valence-corrected chi connectivity index (χ1v) is 6.13. The van der Waals surface area contributed by atoms with Gasteiger partial charge >= 0.3 is 0 Å². The van der Waals surface area contributed by atoms with E-state index in [0.717, 1.165) is 38.5 Å². The summed E-state index contributed by atoms with van der Waals surface area (Å²) in [4.78, 5) is 0. The Labute approximate surface area is 86.3 Å². The third kappa shape index (κ3) is 1.96. The molecular weight excluding hydrogens is 176 g/mol. The van der Waals surface area contributed by atoms with Gasteiger partial charge in [-0.15, -0.1) is 0 Å². The van der Waals surface area contributed by atoms with Crippen LogP contribution in [0.5, 0.6) is 0 Å². The summed E-state index contributed by atoms with van der Waals surface area (Å²) >= 11 is 0. The predicted molar refractivity (Wildman–Crippen MR) is 56.0 cm³/mol. The zero-order chi connectivity index (χ0) is 10.0. The number of hydrogen-bond donors (Lipinski definition) is 2. The largest absolute Gasteiger partial charge is 0.390 e. The van der Waals surface area contributed by atoms with E-state index in [4.69, 9.17) is 0 Å². The van der Waals surface area contributed by atoms with Crippen LogP contribution in [0.1, 0.15) is 57.8 Å². The first kappa shape index (κ1) is 10.4. The summed E-state index contributed by atoms with van der Waals surface area (Å²) in [7, 11) is 0. The molecule has 0 bridgehead atoms. The second-order valence-electron chi connectivity index (χ2n) is 5.15. The van der Waals surface area contributed by atoms with Crippen molar-refractivity contribution < 1.29 is 10.2 Å². The molecular formula is C12H22O2. The summed E-state index contributed by atoms with van der Waals surface area (Å²) in [6, 6.07) is 0. The van der Waals surface area contributed by atoms with Crippen molar-refractivity contribution >= 4 is 0 Å². The summed E-state index contributed by atoms with van der Waals surface area (Å²) in [5.41, 5.74) is -0.734. The van der Waals surface area contributed by atoms with E-state index in [9.17, 15) is 10.2 Å². The van der Waals surface area contributed by atoms with Crippen LogP contribution in [0.15, 0.2) is 0 Å². The van der Waals surface area contributed by atoms with E-state index < -0.39 is 11.7 Å². The molecule has 14 heavy (non-hydrogen) atoms. The fourth-order valence-electron chi connectivity index (χ4n) is 3.17. The molecule has 2 aliphatic rings. The summed E-state index contributed by atoms with van der Waals surface area (Å²) in [5.74, 6) is 0.367. The van der Waals surface area contributed by atoms with Gasteiger partial charge in [-0.05, 0) is 31.6 Å². The Morgan fingerprint density at radius 3 is 2.07 bits per heavy atom. The van der Waals surface area contributed by atoms with Gasteiger partial charge in [0.05, 0.1) is 11.7 Å². The van der Waals surface area contributed by atoms with E-state index in [0.29, 0.717) is 5.92 Å². The van der Waals surface area contributed by atoms with Crippen LogP contribution in [0, 0.1) is 5.92 Å². The lowest BCUT2D eigenvalue weighted by Crippen LogP contribution is -2.45. The number of hydrogen-bond acceptors (Lipinski definition) is 2. The molecule has 2 saturated carbocycles. The van der Waals surface area contributed by atoms with Gasteiger partial charge in [0.15, 0.2) is 0 Å². The lowest BCUT2D eigenvalue weighted by molar-refractivity contribution is -0.102. The highest BCUT2D eigenvalue weighted by atomic mass is 16.3. The van der Waals surface area contributed by atoms with Crippen molar-refractivity contribution in [3.05, 3.63) is 0 Å². The standard InChI is InChI=1S/C12H22O2/c13-11(10-6-2-1-3-7-10)12(14)8-4-5-9-12/h10-11,13-14H,1-9H2. The molecule has 2 N–H and O–H groups in total. The minimum absolute atomic E-state index is 0.367. The third-order valence-corrected chi connectivity index (χ3v) is 4.12. The first-order valence-electron chi connectivity index (χ1n) is 6.13. The van der Waals surface area contributed by atoms with E-state index in [1.807, 2.05) is 0 Å². The lowest BCUT2D eigenvalue weighted by Gasteiger charge is -2.36. The van der Waals surface area contributed by atoms with E-state index in [2.05, 4.69) is 0 Å². The highest BCUT2D eigenvalue weighted by Gasteiger charge is 2.42. The minimum Gasteiger partial charge on any atom is -0.390 e. The Morgan fingerprint density at radius 1 is 0.929 bits per heavy atom. The van der Waals surface area contributed by atoms with Crippen molar-refractivity contribution in [2.24, 2.45) is 5.92 Å². The van der Waals surface area contributed by atoms with Gasteiger partial charge in [-0.2, -0.15) is 0 Å². The van der Waals surface area contributed by atoms with Crippen LogP contribution in [0.4, 0.5) is 0 Å². The molecule has 0 aromatic rings. The van der Waals surface area contributed by atoms with Crippen molar-refractivity contribution in [1.29, 1.82) is 0 Å². The number of rotatable bonds is 2. The molecule has 0 amide bonds. The van der Waals surface area contributed by atoms with E-state index >= 15 is 0 Å². The zero-order valence-electron chi connectivity index (χ0n) is 8.91. The fourth-order valence-corrected chi connectivity index (χ4v) is 3.17. The number of aliphatic hydroxyl groups is 2. The zero-order valence-corrected chi connectivity index (χ0v) is 8.91. The molecule has 0 spiro atoms. The van der Waals surface area contributed by atoms with Crippen LogP contribution in [0.25, 0.3) is 0 Å². The van der Waals surface area contributed by atoms with Crippen LogP contribution in [-0.2, 0) is 0 Å². The van der Waals surface area contributed by atoms with Crippen molar-refractivity contribution in [2.45, 2.75) is 69.5 Å². The Bertz CT molecular complexity index is 179. The summed E-state index contributed by atoms with van der Waals surface area (Å²) in [6.45, 7) is 0. The average Bonchev–Trinajstić information content (AvgIpc) is 2.67. The van der Waals surface area contributed by atoms with Crippen LogP contribution in [-0.4, -0.2) is 21.9 Å². The van der Waals surface area contributed by atoms with Crippen molar-refractivity contribution in [1.82, 2.24) is 0 Å². The molecule has 82 valence electrons. The predicted octanol–water partition coefficient (Wildman–Crippen LogP) is 2.23. The molecule has 1 unspecified atom stereocenters. The molecule has 2 rings (SSSR count). The molecule has 1 atom stereocenters. The average molecular weight is 198 g/mol. The second-order valence-corrected chi connectivity index (χ2v) is 5.15. The first-order chi connectivity index (χ1) is 6.72. The topological polar surface area (TPSA) is 40.5 Å². The van der Waals surface area contributed by atoms with Crippen LogP contribution in [0.2, 0.25) is 0 Å². The van der Waals surface area contributed by atoms with Gasteiger partial charge in [-0.25, -0.2) is 0 Å². The van der Waals surface area contributed by atoms with Crippen LogP contribution >= 0.6 is 0 Å². The summed E-state index contributed by atoms with van der Waals surface area (Å²) < 4.78 is 0. The Morgan fingerprint density at radius 2 is 1.50 bits per heavy atom. The maximum Gasteiger partial charge on any atom is 0.0908 e. The fraction of sp³-hybridized carbons (Fsp3) is 1.00. The summed E-state index contributed by atoms with van der Waals surface area (Å²) in [6.07, 6.45) is 9.34. The maximum absolute atomic E-state index is 10.3. The van der Waals surface area contributed by atoms with E-state index in [-0.39, 0.29) is 0 Å². The van der Waals surface area contributed by atoms with Gasteiger partial charge in [0.25, 0.3) is 0 Å². The Kier molecular flexibility index (Phi) is 3.13. The molecule has 2 heteroatoms. The van der Waals surface area contributed by atoms with Gasteiger partial charge < -0.3 is 10.2 Å². The third-order valence-electron chi connectivity index (χ3n) is 4.12. The van der Waals surface area contributed by atoms with Crippen LogP contribution in [0.3, 0.4) is 0 Å².